The molecule has 8 nitrogen and oxygen atoms in total. The largest absolute Gasteiger partial charge is 0.389 e. The second kappa shape index (κ2) is 12.4. The highest BCUT2D eigenvalue weighted by atomic mass is 32.2. The van der Waals surface area contributed by atoms with Crippen LogP contribution in [0.3, 0.4) is 0 Å². The molecular formula is C30H34N2O6S. The SMILES string of the molecule is O=C(C[C@H]1CC[C@H]2[C@@H](COC[C@@H](O)CN2S(=O)(=O)c2ccccc2)O1)NCc1ccc(-c2ccccc2)cc1. The van der Waals surface area contributed by atoms with E-state index in [0.29, 0.717) is 19.4 Å². The zero-order valence-electron chi connectivity index (χ0n) is 21.7. The zero-order valence-corrected chi connectivity index (χ0v) is 22.5. The van der Waals surface area contributed by atoms with Gasteiger partial charge in [0.15, 0.2) is 0 Å². The van der Waals surface area contributed by atoms with Gasteiger partial charge in [0.1, 0.15) is 0 Å². The van der Waals surface area contributed by atoms with E-state index in [-0.39, 0.29) is 43.1 Å². The van der Waals surface area contributed by atoms with Gasteiger partial charge < -0.3 is 19.9 Å². The first-order chi connectivity index (χ1) is 18.9. The smallest absolute Gasteiger partial charge is 0.243 e. The zero-order chi connectivity index (χ0) is 27.2. The van der Waals surface area contributed by atoms with E-state index >= 15 is 0 Å². The molecule has 0 bridgehead atoms. The van der Waals surface area contributed by atoms with E-state index in [9.17, 15) is 18.3 Å². The molecule has 4 atom stereocenters. The Balaban J connectivity index is 1.18. The number of carbonyl (C=O) groups is 1. The number of aliphatic hydroxyl groups is 1. The molecule has 1 amide bonds. The number of β-amino-alcohol motifs (C(OH)–C–C–N with tert-alkyl or cyclic N) is 1. The summed E-state index contributed by atoms with van der Waals surface area (Å²) in [5.74, 6) is -0.124. The van der Waals surface area contributed by atoms with Gasteiger partial charge >= 0.3 is 0 Å². The van der Waals surface area contributed by atoms with Crippen LogP contribution in [-0.4, -0.2) is 67.8 Å². The van der Waals surface area contributed by atoms with Crippen LogP contribution in [0.1, 0.15) is 24.8 Å². The van der Waals surface area contributed by atoms with Crippen molar-refractivity contribution in [1.29, 1.82) is 0 Å². The highest BCUT2D eigenvalue weighted by molar-refractivity contribution is 7.89. The quantitative estimate of drug-likeness (QED) is 0.468. The molecule has 3 aromatic carbocycles. The fraction of sp³-hybridized carbons (Fsp3) is 0.367. The highest BCUT2D eigenvalue weighted by Gasteiger charge is 2.43. The van der Waals surface area contributed by atoms with Gasteiger partial charge in [-0.1, -0.05) is 72.8 Å². The number of nitrogens with one attached hydrogen (secondary N) is 1. The minimum absolute atomic E-state index is 0.0155. The number of rotatable bonds is 7. The molecule has 2 heterocycles. The first-order valence-electron chi connectivity index (χ1n) is 13.3. The Labute approximate surface area is 229 Å². The standard InChI is InChI=1S/C30H34N2O6S/c33-25-19-32(39(35,36)27-9-5-2-6-10-27)28-16-15-26(38-29(28)21-37-20-25)17-30(34)31-18-22-11-13-24(14-12-22)23-7-3-1-4-8-23/h1-14,25-26,28-29,33H,15-21H2,(H,31,34)/t25-,26+,28-,29+/m0/s1. The normalized spacial score (nSPS) is 24.2. The van der Waals surface area contributed by atoms with Crippen LogP contribution in [0.25, 0.3) is 11.1 Å². The van der Waals surface area contributed by atoms with Crippen LogP contribution in [0.2, 0.25) is 0 Å². The molecule has 0 radical (unpaired) electrons. The van der Waals surface area contributed by atoms with Crippen LogP contribution >= 0.6 is 0 Å². The topological polar surface area (TPSA) is 105 Å². The van der Waals surface area contributed by atoms with E-state index < -0.39 is 28.3 Å². The predicted molar refractivity (Wildman–Crippen MR) is 147 cm³/mol. The van der Waals surface area contributed by atoms with E-state index in [4.69, 9.17) is 9.47 Å². The highest BCUT2D eigenvalue weighted by Crippen LogP contribution is 2.31. The van der Waals surface area contributed by atoms with Crippen molar-refractivity contribution in [3.05, 3.63) is 90.5 Å². The maximum absolute atomic E-state index is 13.5. The number of ether oxygens (including phenoxy) is 2. The van der Waals surface area contributed by atoms with Gasteiger partial charge in [-0.15, -0.1) is 0 Å². The van der Waals surface area contributed by atoms with E-state index in [0.717, 1.165) is 16.7 Å². The minimum atomic E-state index is -3.85. The molecule has 2 saturated heterocycles. The van der Waals surface area contributed by atoms with Crippen molar-refractivity contribution in [1.82, 2.24) is 9.62 Å². The van der Waals surface area contributed by atoms with Crippen LogP contribution in [0.15, 0.2) is 89.8 Å². The van der Waals surface area contributed by atoms with Crippen molar-refractivity contribution in [3.8, 4) is 11.1 Å². The average molecular weight is 551 g/mol. The third kappa shape index (κ3) is 6.74. The van der Waals surface area contributed by atoms with Crippen molar-refractivity contribution < 1.29 is 27.8 Å². The fourth-order valence-electron chi connectivity index (χ4n) is 5.22. The third-order valence-electron chi connectivity index (χ3n) is 7.25. The van der Waals surface area contributed by atoms with Crippen molar-refractivity contribution in [2.75, 3.05) is 19.8 Å². The van der Waals surface area contributed by atoms with E-state index in [1.807, 2.05) is 42.5 Å². The van der Waals surface area contributed by atoms with Gasteiger partial charge in [0.2, 0.25) is 15.9 Å². The molecule has 0 aliphatic carbocycles. The second-order valence-corrected chi connectivity index (χ2v) is 12.0. The van der Waals surface area contributed by atoms with Crippen molar-refractivity contribution in [3.63, 3.8) is 0 Å². The molecule has 0 unspecified atom stereocenters. The summed E-state index contributed by atoms with van der Waals surface area (Å²) in [6.07, 6.45) is -0.605. The number of carbonyl (C=O) groups excluding carboxylic acids is 1. The molecule has 0 aromatic heterocycles. The van der Waals surface area contributed by atoms with Gasteiger partial charge in [-0.25, -0.2) is 8.42 Å². The van der Waals surface area contributed by atoms with Crippen LogP contribution in [-0.2, 0) is 30.8 Å². The molecular weight excluding hydrogens is 516 g/mol. The van der Waals surface area contributed by atoms with Crippen LogP contribution in [0, 0.1) is 0 Å². The Morgan fingerprint density at radius 1 is 0.897 bits per heavy atom. The number of nitrogens with zero attached hydrogens (tertiary/aromatic N) is 1. The lowest BCUT2D eigenvalue weighted by Crippen LogP contribution is -2.57. The molecule has 2 aliphatic rings. The molecule has 39 heavy (non-hydrogen) atoms. The van der Waals surface area contributed by atoms with Crippen LogP contribution in [0.5, 0.6) is 0 Å². The average Bonchev–Trinajstić information content (AvgIpc) is 2.95. The lowest BCUT2D eigenvalue weighted by atomic mass is 9.96. The van der Waals surface area contributed by atoms with Crippen molar-refractivity contribution >= 4 is 15.9 Å². The van der Waals surface area contributed by atoms with Crippen LogP contribution in [0.4, 0.5) is 0 Å². The molecule has 206 valence electrons. The lowest BCUT2D eigenvalue weighted by Gasteiger charge is -2.43. The summed E-state index contributed by atoms with van der Waals surface area (Å²) in [5, 5.41) is 13.3. The summed E-state index contributed by atoms with van der Waals surface area (Å²) >= 11 is 0. The molecule has 2 aliphatic heterocycles. The maximum atomic E-state index is 13.5. The van der Waals surface area contributed by atoms with Gasteiger partial charge in [-0.05, 0) is 41.7 Å². The van der Waals surface area contributed by atoms with Crippen LogP contribution < -0.4 is 5.32 Å². The Hall–Kier alpha value is -3.08. The van der Waals surface area contributed by atoms with E-state index in [1.165, 1.54) is 4.31 Å². The van der Waals surface area contributed by atoms with Gasteiger partial charge in [-0.2, -0.15) is 4.31 Å². The first-order valence-corrected chi connectivity index (χ1v) is 14.7. The van der Waals surface area contributed by atoms with E-state index in [1.54, 1.807) is 30.3 Å². The third-order valence-corrected chi connectivity index (χ3v) is 9.15. The number of fused-ring (bicyclic) bond motifs is 1. The number of sulfonamides is 1. The monoisotopic (exact) mass is 550 g/mol. The Kier molecular flexibility index (Phi) is 8.74. The molecule has 5 rings (SSSR count). The molecule has 0 spiro atoms. The maximum Gasteiger partial charge on any atom is 0.243 e. The summed E-state index contributed by atoms with van der Waals surface area (Å²) in [4.78, 5) is 12.9. The summed E-state index contributed by atoms with van der Waals surface area (Å²) in [6.45, 7) is 0.503. The second-order valence-electron chi connectivity index (χ2n) is 10.1. The minimum Gasteiger partial charge on any atom is -0.389 e. The predicted octanol–water partition coefficient (Wildman–Crippen LogP) is 3.36. The van der Waals surface area contributed by atoms with Crippen molar-refractivity contribution in [2.45, 2.75) is 55.1 Å². The van der Waals surface area contributed by atoms with E-state index in [2.05, 4.69) is 17.4 Å². The van der Waals surface area contributed by atoms with Gasteiger partial charge in [0.25, 0.3) is 0 Å². The summed E-state index contributed by atoms with van der Waals surface area (Å²) in [6, 6.07) is 25.9. The summed E-state index contributed by atoms with van der Waals surface area (Å²) < 4.78 is 40.2. The lowest BCUT2D eigenvalue weighted by molar-refractivity contribution is -0.146. The molecule has 2 fully saturated rings. The number of amides is 1. The molecule has 2 N–H and O–H groups in total. The van der Waals surface area contributed by atoms with Gasteiger partial charge in [0.05, 0.1) is 48.9 Å². The fourth-order valence-corrected chi connectivity index (χ4v) is 6.96. The Bertz CT molecular complexity index is 1330. The Morgan fingerprint density at radius 2 is 1.56 bits per heavy atom. The number of aliphatic hydroxyl groups excluding tert-OH is 1. The molecule has 0 saturated carbocycles. The number of benzene rings is 3. The molecule has 3 aromatic rings. The number of hydrogen-bond donors (Lipinski definition) is 2. The van der Waals surface area contributed by atoms with Gasteiger partial charge in [0, 0.05) is 13.1 Å². The van der Waals surface area contributed by atoms with Crippen molar-refractivity contribution in [2.24, 2.45) is 0 Å². The summed E-state index contributed by atoms with van der Waals surface area (Å²) in [7, 11) is -3.85. The first kappa shape index (κ1) is 27.5. The molecule has 9 heteroatoms. The van der Waals surface area contributed by atoms with Gasteiger partial charge in [-0.3, -0.25) is 4.79 Å². The number of hydrogen-bond acceptors (Lipinski definition) is 6. The summed E-state index contributed by atoms with van der Waals surface area (Å²) in [5.41, 5.74) is 3.26. The Morgan fingerprint density at radius 3 is 2.28 bits per heavy atom.